The summed E-state index contributed by atoms with van der Waals surface area (Å²) in [7, 11) is 1.66. The Labute approximate surface area is 113 Å². The van der Waals surface area contributed by atoms with Crippen molar-refractivity contribution in [2.24, 2.45) is 16.3 Å². The van der Waals surface area contributed by atoms with Gasteiger partial charge >= 0.3 is 0 Å². The van der Waals surface area contributed by atoms with Crippen molar-refractivity contribution in [1.82, 2.24) is 0 Å². The van der Waals surface area contributed by atoms with Gasteiger partial charge in [0.25, 0.3) is 0 Å². The second-order valence-electron chi connectivity index (χ2n) is 5.30. The Morgan fingerprint density at radius 1 is 1.53 bits per heavy atom. The molecule has 1 aromatic rings. The number of nitrogens with zero attached hydrogens (tertiary/aromatic N) is 1. The van der Waals surface area contributed by atoms with E-state index in [9.17, 15) is 0 Å². The van der Waals surface area contributed by atoms with Gasteiger partial charge in [-0.2, -0.15) is 0 Å². The Hall–Kier alpha value is -1.91. The highest BCUT2D eigenvalue weighted by molar-refractivity contribution is 5.80. The largest absolute Gasteiger partial charge is 0.497 e. The molecule has 0 heterocycles. The third-order valence-electron chi connectivity index (χ3n) is 3.73. The number of methoxy groups -OCH3 is 1. The standard InChI is InChI=1S/C14H21N3O2/c1-10-7-11(19-2)3-4-12(10)16-9-14(5-6-14)8-13(15)17-18/h3-4,7,16,18H,5-6,8-9H2,1-2H3,(H2,15,17). The van der Waals surface area contributed by atoms with Gasteiger partial charge in [-0.15, -0.1) is 0 Å². The van der Waals surface area contributed by atoms with E-state index in [0.29, 0.717) is 12.3 Å². The van der Waals surface area contributed by atoms with Gasteiger partial charge in [0.2, 0.25) is 0 Å². The second-order valence-corrected chi connectivity index (χ2v) is 5.30. The molecule has 0 aliphatic heterocycles. The lowest BCUT2D eigenvalue weighted by Crippen LogP contribution is -2.23. The Morgan fingerprint density at radius 2 is 2.26 bits per heavy atom. The number of oxime groups is 1. The van der Waals surface area contributed by atoms with Crippen LogP contribution in [0.4, 0.5) is 5.69 Å². The molecule has 1 fully saturated rings. The molecular formula is C14H21N3O2. The monoisotopic (exact) mass is 263 g/mol. The second kappa shape index (κ2) is 5.38. The molecule has 104 valence electrons. The van der Waals surface area contributed by atoms with Crippen LogP contribution < -0.4 is 15.8 Å². The smallest absolute Gasteiger partial charge is 0.139 e. The van der Waals surface area contributed by atoms with E-state index >= 15 is 0 Å². The summed E-state index contributed by atoms with van der Waals surface area (Å²) < 4.78 is 5.19. The lowest BCUT2D eigenvalue weighted by Gasteiger charge is -2.17. The van der Waals surface area contributed by atoms with E-state index in [2.05, 4.69) is 10.5 Å². The molecule has 0 spiro atoms. The minimum Gasteiger partial charge on any atom is -0.497 e. The van der Waals surface area contributed by atoms with E-state index in [-0.39, 0.29) is 5.41 Å². The number of hydrogen-bond acceptors (Lipinski definition) is 4. The first-order valence-electron chi connectivity index (χ1n) is 6.43. The lowest BCUT2D eigenvalue weighted by molar-refractivity contribution is 0.315. The molecule has 1 saturated carbocycles. The van der Waals surface area contributed by atoms with E-state index in [0.717, 1.165) is 36.4 Å². The van der Waals surface area contributed by atoms with E-state index in [1.165, 1.54) is 0 Å². The first kappa shape index (κ1) is 13.5. The number of nitrogens with two attached hydrogens (primary N) is 1. The highest BCUT2D eigenvalue weighted by Gasteiger charge is 2.43. The highest BCUT2D eigenvalue weighted by Crippen LogP contribution is 2.48. The predicted octanol–water partition coefficient (Wildman–Crippen LogP) is 2.33. The van der Waals surface area contributed by atoms with Crippen LogP contribution in [0.15, 0.2) is 23.4 Å². The van der Waals surface area contributed by atoms with E-state index in [4.69, 9.17) is 15.7 Å². The molecule has 1 aliphatic rings. The minimum absolute atomic E-state index is 0.155. The summed E-state index contributed by atoms with van der Waals surface area (Å²) >= 11 is 0. The van der Waals surface area contributed by atoms with Crippen molar-refractivity contribution in [3.63, 3.8) is 0 Å². The molecule has 2 rings (SSSR count). The Kier molecular flexibility index (Phi) is 3.83. The fourth-order valence-corrected chi connectivity index (χ4v) is 2.26. The van der Waals surface area contributed by atoms with E-state index in [1.54, 1.807) is 7.11 Å². The van der Waals surface area contributed by atoms with Crippen molar-refractivity contribution < 1.29 is 9.94 Å². The topological polar surface area (TPSA) is 79.9 Å². The van der Waals surface area contributed by atoms with Crippen LogP contribution in [-0.2, 0) is 0 Å². The zero-order chi connectivity index (χ0) is 13.9. The normalized spacial score (nSPS) is 17.1. The predicted molar refractivity (Wildman–Crippen MR) is 75.9 cm³/mol. The number of anilines is 1. The Bertz CT molecular complexity index is 482. The van der Waals surface area contributed by atoms with Gasteiger partial charge in [0.15, 0.2) is 0 Å². The number of benzene rings is 1. The van der Waals surface area contributed by atoms with Gasteiger partial charge in [0.1, 0.15) is 11.6 Å². The number of nitrogens with one attached hydrogen (secondary N) is 1. The molecule has 5 heteroatoms. The molecule has 0 amide bonds. The lowest BCUT2D eigenvalue weighted by atomic mass is 10.0. The first-order valence-corrected chi connectivity index (χ1v) is 6.43. The summed E-state index contributed by atoms with van der Waals surface area (Å²) in [6.45, 7) is 2.89. The quantitative estimate of drug-likeness (QED) is 0.318. The number of rotatable bonds is 6. The van der Waals surface area contributed by atoms with Crippen LogP contribution in [0.1, 0.15) is 24.8 Å². The highest BCUT2D eigenvalue weighted by atomic mass is 16.5. The number of ether oxygens (including phenoxy) is 1. The summed E-state index contributed by atoms with van der Waals surface area (Å²) in [5.41, 5.74) is 8.00. The molecule has 1 aromatic carbocycles. The number of hydrogen-bond donors (Lipinski definition) is 3. The molecule has 1 aliphatic carbocycles. The molecule has 0 radical (unpaired) electrons. The van der Waals surface area contributed by atoms with Crippen LogP contribution in [0, 0.1) is 12.3 Å². The van der Waals surface area contributed by atoms with Gasteiger partial charge in [-0.25, -0.2) is 0 Å². The van der Waals surface area contributed by atoms with Crippen LogP contribution in [0.5, 0.6) is 5.75 Å². The van der Waals surface area contributed by atoms with Crippen molar-refractivity contribution in [3.8, 4) is 5.75 Å². The maximum absolute atomic E-state index is 8.64. The average Bonchev–Trinajstić information content (AvgIpc) is 3.17. The fourth-order valence-electron chi connectivity index (χ4n) is 2.26. The summed E-state index contributed by atoms with van der Waals surface area (Å²) in [6.07, 6.45) is 2.88. The zero-order valence-corrected chi connectivity index (χ0v) is 11.4. The van der Waals surface area contributed by atoms with Crippen molar-refractivity contribution in [2.45, 2.75) is 26.2 Å². The van der Waals surface area contributed by atoms with Gasteiger partial charge in [0, 0.05) is 18.7 Å². The van der Waals surface area contributed by atoms with Crippen LogP contribution in [-0.4, -0.2) is 24.7 Å². The molecular weight excluding hydrogens is 242 g/mol. The third kappa shape index (κ3) is 3.30. The SMILES string of the molecule is COc1ccc(NCC2(CC(N)=NO)CC2)c(C)c1. The third-order valence-corrected chi connectivity index (χ3v) is 3.73. The molecule has 0 unspecified atom stereocenters. The number of aryl methyl sites for hydroxylation is 1. The van der Waals surface area contributed by atoms with Gasteiger partial charge < -0.3 is 21.0 Å². The summed E-state index contributed by atoms with van der Waals surface area (Å²) in [5.74, 6) is 1.17. The van der Waals surface area contributed by atoms with E-state index in [1.807, 2.05) is 25.1 Å². The van der Waals surface area contributed by atoms with E-state index < -0.39 is 0 Å². The summed E-state index contributed by atoms with van der Waals surface area (Å²) in [4.78, 5) is 0. The molecule has 0 aromatic heterocycles. The van der Waals surface area contributed by atoms with Gasteiger partial charge in [-0.05, 0) is 48.9 Å². The van der Waals surface area contributed by atoms with Crippen molar-refractivity contribution >= 4 is 11.5 Å². The van der Waals surface area contributed by atoms with Gasteiger partial charge in [-0.1, -0.05) is 5.16 Å². The fraction of sp³-hybridized carbons (Fsp3) is 0.500. The van der Waals surface area contributed by atoms with Crippen LogP contribution >= 0.6 is 0 Å². The van der Waals surface area contributed by atoms with Crippen molar-refractivity contribution in [2.75, 3.05) is 19.0 Å². The number of amidine groups is 1. The maximum Gasteiger partial charge on any atom is 0.139 e. The molecule has 0 saturated heterocycles. The Morgan fingerprint density at radius 3 is 2.79 bits per heavy atom. The molecule has 0 atom stereocenters. The summed E-state index contributed by atoms with van der Waals surface area (Å²) in [5, 5.41) is 15.1. The van der Waals surface area contributed by atoms with Crippen LogP contribution in [0.25, 0.3) is 0 Å². The molecule has 5 nitrogen and oxygen atoms in total. The summed E-state index contributed by atoms with van der Waals surface area (Å²) in [6, 6.07) is 5.97. The zero-order valence-electron chi connectivity index (χ0n) is 11.4. The minimum atomic E-state index is 0.155. The van der Waals surface area contributed by atoms with Crippen molar-refractivity contribution in [3.05, 3.63) is 23.8 Å². The van der Waals surface area contributed by atoms with Crippen LogP contribution in [0.3, 0.4) is 0 Å². The molecule has 4 N–H and O–H groups in total. The molecule has 0 bridgehead atoms. The average molecular weight is 263 g/mol. The maximum atomic E-state index is 8.64. The first-order chi connectivity index (χ1) is 9.08. The van der Waals surface area contributed by atoms with Gasteiger partial charge in [0.05, 0.1) is 7.11 Å². The molecule has 19 heavy (non-hydrogen) atoms. The van der Waals surface area contributed by atoms with Crippen LogP contribution in [0.2, 0.25) is 0 Å². The Balaban J connectivity index is 1.96. The van der Waals surface area contributed by atoms with Gasteiger partial charge in [-0.3, -0.25) is 0 Å². The van der Waals surface area contributed by atoms with Crippen molar-refractivity contribution in [1.29, 1.82) is 0 Å².